The molecule has 0 aliphatic carbocycles. The van der Waals surface area contributed by atoms with Crippen LogP contribution in [0.2, 0.25) is 0 Å². The fraction of sp³-hybridized carbons (Fsp3) is 0.118. The van der Waals surface area contributed by atoms with Gasteiger partial charge in [-0.05, 0) is 36.2 Å². The first-order valence-corrected chi connectivity index (χ1v) is 11.0. The number of anilines is 1. The predicted molar refractivity (Wildman–Crippen MR) is 121 cm³/mol. The number of nitrogens with one attached hydrogen (secondary N) is 2. The Hall–Kier alpha value is -0.565. The molecule has 0 spiro atoms. The zero-order valence-corrected chi connectivity index (χ0v) is 19.5. The first-order valence-electron chi connectivity index (χ1n) is 7.49. The first-order chi connectivity index (χ1) is 11.9. The van der Waals surface area contributed by atoms with Crippen molar-refractivity contribution in [2.24, 2.45) is 0 Å². The highest BCUT2D eigenvalue weighted by Crippen LogP contribution is 2.39. The van der Waals surface area contributed by atoms with Crippen LogP contribution in [-0.4, -0.2) is 14.1 Å². The van der Waals surface area contributed by atoms with Gasteiger partial charge in [0.1, 0.15) is 0 Å². The van der Waals surface area contributed by atoms with Crippen LogP contribution in [0.5, 0.6) is 0 Å². The van der Waals surface area contributed by atoms with E-state index in [1.54, 1.807) is 0 Å². The summed E-state index contributed by atoms with van der Waals surface area (Å²) in [7, 11) is 0. The topological polar surface area (TPSA) is 44.9 Å². The number of H-pyrrole nitrogens is 1. The second-order valence-corrected chi connectivity index (χ2v) is 13.0. The Morgan fingerprint density at radius 2 is 1.84 bits per heavy atom. The van der Waals surface area contributed by atoms with E-state index in [0.29, 0.717) is 6.42 Å². The molecule has 1 aliphatic rings. The summed E-state index contributed by atoms with van der Waals surface area (Å²) in [5.74, 6) is 0.0326. The SMILES string of the molecule is BrB(Br)Br.Cc1cccc2c1NC(=O)Cc1c-2[nH]c2ccc(Br)cc12. The predicted octanol–water partition coefficient (Wildman–Crippen LogP) is 6.56. The number of para-hydroxylation sites is 1. The molecule has 2 heterocycles. The van der Waals surface area contributed by atoms with E-state index in [9.17, 15) is 4.79 Å². The van der Waals surface area contributed by atoms with Crippen LogP contribution in [0.4, 0.5) is 5.69 Å². The molecule has 0 bridgehead atoms. The molecule has 0 unspecified atom stereocenters. The molecule has 0 saturated heterocycles. The van der Waals surface area contributed by atoms with Gasteiger partial charge in [-0.3, -0.25) is 4.79 Å². The lowest BCUT2D eigenvalue weighted by Crippen LogP contribution is -2.13. The van der Waals surface area contributed by atoms with Gasteiger partial charge < -0.3 is 10.3 Å². The number of carbonyl (C=O) groups excluding carboxylic acids is 1. The summed E-state index contributed by atoms with van der Waals surface area (Å²) in [6.07, 6.45) is 0.389. The zero-order chi connectivity index (χ0) is 18.1. The monoisotopic (exact) mass is 588 g/mol. The molecule has 4 rings (SSSR count). The van der Waals surface area contributed by atoms with Crippen LogP contribution >= 0.6 is 63.2 Å². The largest absolute Gasteiger partial charge is 0.369 e. The molecule has 0 fully saturated rings. The Labute approximate surface area is 179 Å². The van der Waals surface area contributed by atoms with Crippen molar-refractivity contribution in [3.05, 3.63) is 52.0 Å². The van der Waals surface area contributed by atoms with Crippen LogP contribution in [0.3, 0.4) is 0 Å². The number of amides is 1. The van der Waals surface area contributed by atoms with E-state index in [-0.39, 0.29) is 9.09 Å². The van der Waals surface area contributed by atoms with Gasteiger partial charge in [-0.25, -0.2) is 0 Å². The third kappa shape index (κ3) is 4.23. The van der Waals surface area contributed by atoms with Gasteiger partial charge in [0.05, 0.1) is 17.8 Å². The number of hydrogen-bond donors (Lipinski definition) is 2. The molecule has 1 aromatic heterocycles. The van der Waals surface area contributed by atoms with E-state index in [4.69, 9.17) is 0 Å². The number of aromatic nitrogens is 1. The maximum atomic E-state index is 12.3. The van der Waals surface area contributed by atoms with Crippen molar-refractivity contribution in [3.63, 3.8) is 0 Å². The molecule has 1 amide bonds. The van der Waals surface area contributed by atoms with Crippen LogP contribution in [0.25, 0.3) is 22.2 Å². The highest BCUT2D eigenvalue weighted by atomic mass is 79.9. The minimum atomic E-state index is 0.0326. The summed E-state index contributed by atoms with van der Waals surface area (Å²) in [5.41, 5.74) is 6.21. The van der Waals surface area contributed by atoms with Gasteiger partial charge in [0.25, 0.3) is 0 Å². The Bertz CT molecular complexity index is 952. The van der Waals surface area contributed by atoms with Crippen molar-refractivity contribution in [2.45, 2.75) is 13.3 Å². The second-order valence-electron chi connectivity index (χ2n) is 5.64. The molecule has 2 aromatic carbocycles. The van der Waals surface area contributed by atoms with Crippen molar-refractivity contribution < 1.29 is 4.79 Å². The summed E-state index contributed by atoms with van der Waals surface area (Å²) in [5, 5.41) is 4.13. The number of fused-ring (bicyclic) bond motifs is 5. The molecular weight excluding hydrogens is 579 g/mol. The number of aryl methyl sites for hydroxylation is 1. The average Bonchev–Trinajstić information content (AvgIpc) is 2.79. The Balaban J connectivity index is 0.000000415. The molecule has 1 aliphatic heterocycles. The maximum absolute atomic E-state index is 12.3. The Morgan fingerprint density at radius 3 is 2.56 bits per heavy atom. The molecule has 0 atom stereocenters. The van der Waals surface area contributed by atoms with Crippen LogP contribution in [0.15, 0.2) is 40.9 Å². The average molecular weight is 592 g/mol. The van der Waals surface area contributed by atoms with E-state index in [1.165, 1.54) is 0 Å². The number of halogens is 4. The van der Waals surface area contributed by atoms with Crippen molar-refractivity contribution in [3.8, 4) is 11.3 Å². The van der Waals surface area contributed by atoms with Gasteiger partial charge in [0.15, 0.2) is 0 Å². The maximum Gasteiger partial charge on any atom is 0.369 e. The highest BCUT2D eigenvalue weighted by molar-refractivity contribution is 9.69. The molecule has 8 heteroatoms. The van der Waals surface area contributed by atoms with Gasteiger partial charge in [0.2, 0.25) is 5.91 Å². The van der Waals surface area contributed by atoms with E-state index >= 15 is 0 Å². The number of rotatable bonds is 0. The normalized spacial score (nSPS) is 12.4. The first kappa shape index (κ1) is 19.2. The number of carbonyl (C=O) groups is 1. The van der Waals surface area contributed by atoms with Crippen molar-refractivity contribution in [2.75, 3.05) is 5.32 Å². The van der Waals surface area contributed by atoms with Gasteiger partial charge in [-0.2, -0.15) is 0 Å². The molecule has 0 radical (unpaired) electrons. The Kier molecular flexibility index (Phi) is 6.13. The Morgan fingerprint density at radius 1 is 1.12 bits per heavy atom. The smallest absolute Gasteiger partial charge is 0.354 e. The molecule has 3 nitrogen and oxygen atoms in total. The number of hydrogen-bond acceptors (Lipinski definition) is 1. The van der Waals surface area contributed by atoms with Gasteiger partial charge >= 0.3 is 3.18 Å². The van der Waals surface area contributed by atoms with E-state index in [0.717, 1.165) is 43.4 Å². The second kappa shape index (κ2) is 7.98. The van der Waals surface area contributed by atoms with Crippen molar-refractivity contribution in [1.82, 2.24) is 4.98 Å². The van der Waals surface area contributed by atoms with Crippen LogP contribution < -0.4 is 5.32 Å². The third-order valence-corrected chi connectivity index (χ3v) is 4.51. The molecule has 128 valence electrons. The minimum Gasteiger partial charge on any atom is -0.354 e. The van der Waals surface area contributed by atoms with Crippen molar-refractivity contribution in [1.29, 1.82) is 0 Å². The minimum absolute atomic E-state index is 0.0326. The summed E-state index contributed by atoms with van der Waals surface area (Å²) in [6, 6.07) is 12.2. The molecule has 2 N–H and O–H groups in total. The lowest BCUT2D eigenvalue weighted by molar-refractivity contribution is -0.115. The highest BCUT2D eigenvalue weighted by Gasteiger charge is 2.23. The molecule has 3 aromatic rings. The quantitative estimate of drug-likeness (QED) is 0.286. The zero-order valence-electron chi connectivity index (χ0n) is 13.2. The lowest BCUT2D eigenvalue weighted by atomic mass is 10.0. The standard InChI is InChI=1S/C17H13BrN2O.BBr3/c1-9-3-2-4-11-16(9)20-15(21)8-13-12-7-10(18)5-6-14(12)19-17(11)13;2-1(3)4/h2-7,19H,8H2,1H3,(H,20,21);. The van der Waals surface area contributed by atoms with E-state index in [1.807, 2.05) is 31.2 Å². The summed E-state index contributed by atoms with van der Waals surface area (Å²) < 4.78 is 1.29. The van der Waals surface area contributed by atoms with E-state index in [2.05, 4.69) is 85.6 Å². The fourth-order valence-corrected chi connectivity index (χ4v) is 3.38. The number of benzene rings is 2. The van der Waals surface area contributed by atoms with Crippen LogP contribution in [0, 0.1) is 6.92 Å². The van der Waals surface area contributed by atoms with E-state index < -0.39 is 0 Å². The van der Waals surface area contributed by atoms with Gasteiger partial charge in [-0.15, -0.1) is 47.3 Å². The van der Waals surface area contributed by atoms with Gasteiger partial charge in [-0.1, -0.05) is 34.1 Å². The summed E-state index contributed by atoms with van der Waals surface area (Å²) in [4.78, 5) is 15.7. The lowest BCUT2D eigenvalue weighted by Gasteiger charge is -2.09. The van der Waals surface area contributed by atoms with Crippen LogP contribution in [0.1, 0.15) is 11.1 Å². The fourth-order valence-electron chi connectivity index (χ4n) is 3.02. The van der Waals surface area contributed by atoms with Crippen molar-refractivity contribution >= 4 is 88.9 Å². The third-order valence-electron chi connectivity index (χ3n) is 4.01. The summed E-state index contributed by atoms with van der Waals surface area (Å²) >= 11 is 12.8. The van der Waals surface area contributed by atoms with Gasteiger partial charge in [0, 0.05) is 20.9 Å². The number of aromatic amines is 1. The molecule has 25 heavy (non-hydrogen) atoms. The molecular formula is C17H13BBr4N2O. The van der Waals surface area contributed by atoms with Crippen LogP contribution in [-0.2, 0) is 11.2 Å². The molecule has 0 saturated carbocycles. The summed E-state index contributed by atoms with van der Waals surface area (Å²) in [6.45, 7) is 2.02.